The zero-order valence-electron chi connectivity index (χ0n) is 11.5. The molecule has 2 aromatic rings. The van der Waals surface area contributed by atoms with Gasteiger partial charge in [0.2, 0.25) is 5.91 Å². The zero-order valence-corrected chi connectivity index (χ0v) is 11.5. The third-order valence-electron chi connectivity index (χ3n) is 3.62. The lowest BCUT2D eigenvalue weighted by Gasteiger charge is -2.12. The minimum absolute atomic E-state index is 0.0501. The van der Waals surface area contributed by atoms with Crippen LogP contribution in [0.5, 0.6) is 0 Å². The first-order valence-electron chi connectivity index (χ1n) is 6.89. The molecule has 2 N–H and O–H groups in total. The summed E-state index contributed by atoms with van der Waals surface area (Å²) in [7, 11) is 0. The second-order valence-corrected chi connectivity index (χ2v) is 5.03. The minimum Gasteiger partial charge on any atom is -0.325 e. The van der Waals surface area contributed by atoms with Crippen LogP contribution in [0, 0.1) is 6.92 Å². The van der Waals surface area contributed by atoms with E-state index in [1.54, 1.807) is 6.20 Å². The van der Waals surface area contributed by atoms with E-state index in [-0.39, 0.29) is 11.9 Å². The second-order valence-electron chi connectivity index (χ2n) is 5.03. The minimum atomic E-state index is -0.0504. The van der Waals surface area contributed by atoms with Crippen LogP contribution < -0.4 is 10.6 Å². The Balaban J connectivity index is 1.70. The fourth-order valence-electron chi connectivity index (χ4n) is 2.49. The number of carbonyl (C=O) groups excluding carboxylic acids is 1. The van der Waals surface area contributed by atoms with E-state index in [0.717, 1.165) is 36.6 Å². The van der Waals surface area contributed by atoms with Crippen molar-refractivity contribution in [2.24, 2.45) is 0 Å². The van der Waals surface area contributed by atoms with Crippen molar-refractivity contribution in [2.75, 3.05) is 11.9 Å². The molecule has 0 spiro atoms. The molecule has 0 radical (unpaired) electrons. The fourth-order valence-corrected chi connectivity index (χ4v) is 2.49. The van der Waals surface area contributed by atoms with Crippen molar-refractivity contribution in [1.82, 2.24) is 14.9 Å². The van der Waals surface area contributed by atoms with Gasteiger partial charge in [0.15, 0.2) is 0 Å². The third-order valence-corrected chi connectivity index (χ3v) is 3.62. The number of nitrogens with zero attached hydrogens (tertiary/aromatic N) is 2. The van der Waals surface area contributed by atoms with Crippen LogP contribution in [0.4, 0.5) is 5.69 Å². The molecule has 1 unspecified atom stereocenters. The lowest BCUT2D eigenvalue weighted by molar-refractivity contribution is -0.117. The molecule has 1 aliphatic heterocycles. The average molecular weight is 270 g/mol. The van der Waals surface area contributed by atoms with E-state index in [4.69, 9.17) is 0 Å². The Morgan fingerprint density at radius 3 is 2.80 bits per heavy atom. The van der Waals surface area contributed by atoms with Gasteiger partial charge in [-0.1, -0.05) is 0 Å². The van der Waals surface area contributed by atoms with Crippen molar-refractivity contribution in [3.8, 4) is 5.69 Å². The van der Waals surface area contributed by atoms with Crippen LogP contribution in [0.2, 0.25) is 0 Å². The van der Waals surface area contributed by atoms with E-state index >= 15 is 0 Å². The summed E-state index contributed by atoms with van der Waals surface area (Å²) in [6, 6.07) is 7.74. The molecule has 3 rings (SSSR count). The number of amides is 1. The van der Waals surface area contributed by atoms with Crippen molar-refractivity contribution in [1.29, 1.82) is 0 Å². The zero-order chi connectivity index (χ0) is 13.9. The van der Waals surface area contributed by atoms with Crippen LogP contribution in [0.1, 0.15) is 18.7 Å². The van der Waals surface area contributed by atoms with Gasteiger partial charge in [-0.05, 0) is 50.6 Å². The van der Waals surface area contributed by atoms with Gasteiger partial charge in [-0.3, -0.25) is 4.79 Å². The van der Waals surface area contributed by atoms with E-state index in [1.807, 2.05) is 42.0 Å². The quantitative estimate of drug-likeness (QED) is 0.895. The Hall–Kier alpha value is -2.14. The molecule has 1 amide bonds. The molecule has 0 bridgehead atoms. The molecule has 1 aromatic carbocycles. The molecular weight excluding hydrogens is 252 g/mol. The number of nitrogens with one attached hydrogen (secondary N) is 2. The molecular formula is C15H18N4O. The highest BCUT2D eigenvalue weighted by Crippen LogP contribution is 2.16. The topological polar surface area (TPSA) is 59.0 Å². The van der Waals surface area contributed by atoms with Gasteiger partial charge in [0.1, 0.15) is 5.82 Å². The summed E-state index contributed by atoms with van der Waals surface area (Å²) in [6.07, 6.45) is 5.68. The molecule has 5 nitrogen and oxygen atoms in total. The summed E-state index contributed by atoms with van der Waals surface area (Å²) in [5.74, 6) is 0.992. The van der Waals surface area contributed by atoms with Crippen molar-refractivity contribution in [3.63, 3.8) is 0 Å². The predicted molar refractivity (Wildman–Crippen MR) is 78.0 cm³/mol. The highest BCUT2D eigenvalue weighted by atomic mass is 16.2. The Morgan fingerprint density at radius 2 is 2.20 bits per heavy atom. The van der Waals surface area contributed by atoms with Crippen LogP contribution in [-0.4, -0.2) is 28.0 Å². The smallest absolute Gasteiger partial charge is 0.241 e. The van der Waals surface area contributed by atoms with Crippen molar-refractivity contribution >= 4 is 11.6 Å². The maximum absolute atomic E-state index is 12.0. The molecule has 2 heterocycles. The summed E-state index contributed by atoms with van der Waals surface area (Å²) in [6.45, 7) is 2.89. The number of hydrogen-bond donors (Lipinski definition) is 2. The van der Waals surface area contributed by atoms with Crippen LogP contribution in [-0.2, 0) is 4.79 Å². The molecule has 1 aromatic heterocycles. The number of hydrogen-bond acceptors (Lipinski definition) is 3. The van der Waals surface area contributed by atoms with Crippen molar-refractivity contribution < 1.29 is 4.79 Å². The molecule has 1 atom stereocenters. The van der Waals surface area contributed by atoms with Gasteiger partial charge >= 0.3 is 0 Å². The van der Waals surface area contributed by atoms with Gasteiger partial charge in [-0.15, -0.1) is 0 Å². The predicted octanol–water partition coefficient (Wildman–Crippen LogP) is 1.87. The molecule has 104 valence electrons. The van der Waals surface area contributed by atoms with Crippen LogP contribution in [0.15, 0.2) is 36.7 Å². The van der Waals surface area contributed by atoms with Crippen LogP contribution in [0.25, 0.3) is 5.69 Å². The van der Waals surface area contributed by atoms with Gasteiger partial charge in [-0.2, -0.15) is 0 Å². The summed E-state index contributed by atoms with van der Waals surface area (Å²) >= 11 is 0. The molecule has 5 heteroatoms. The summed E-state index contributed by atoms with van der Waals surface area (Å²) in [5, 5.41) is 6.14. The van der Waals surface area contributed by atoms with Gasteiger partial charge in [-0.25, -0.2) is 4.98 Å². The largest absolute Gasteiger partial charge is 0.325 e. The van der Waals surface area contributed by atoms with E-state index in [0.29, 0.717) is 0 Å². The summed E-state index contributed by atoms with van der Waals surface area (Å²) in [5.41, 5.74) is 1.86. The fraction of sp³-hybridized carbons (Fsp3) is 0.333. The molecule has 1 fully saturated rings. The summed E-state index contributed by atoms with van der Waals surface area (Å²) < 4.78 is 2.00. The number of imidazole rings is 1. The molecule has 0 saturated carbocycles. The number of benzene rings is 1. The first-order valence-corrected chi connectivity index (χ1v) is 6.89. The number of carbonyl (C=O) groups is 1. The van der Waals surface area contributed by atoms with Gasteiger partial charge in [0, 0.05) is 23.8 Å². The first kappa shape index (κ1) is 12.9. The van der Waals surface area contributed by atoms with E-state index in [1.165, 1.54) is 0 Å². The van der Waals surface area contributed by atoms with Crippen LogP contribution in [0.3, 0.4) is 0 Å². The van der Waals surface area contributed by atoms with Gasteiger partial charge < -0.3 is 15.2 Å². The SMILES string of the molecule is Cc1nccn1-c1ccc(NC(=O)C2CCCN2)cc1. The average Bonchev–Trinajstić information content (AvgIpc) is 3.11. The summed E-state index contributed by atoms with van der Waals surface area (Å²) in [4.78, 5) is 16.2. The Labute approximate surface area is 118 Å². The monoisotopic (exact) mass is 270 g/mol. The number of rotatable bonds is 3. The maximum atomic E-state index is 12.0. The maximum Gasteiger partial charge on any atom is 0.241 e. The molecule has 0 aliphatic carbocycles. The van der Waals surface area contributed by atoms with Crippen molar-refractivity contribution in [3.05, 3.63) is 42.5 Å². The second kappa shape index (κ2) is 5.46. The highest BCUT2D eigenvalue weighted by molar-refractivity contribution is 5.95. The van der Waals surface area contributed by atoms with Crippen LogP contribution >= 0.6 is 0 Å². The molecule has 1 aliphatic rings. The number of anilines is 1. The lowest BCUT2D eigenvalue weighted by Crippen LogP contribution is -2.35. The van der Waals surface area contributed by atoms with Crippen molar-refractivity contribution in [2.45, 2.75) is 25.8 Å². The van der Waals surface area contributed by atoms with E-state index in [9.17, 15) is 4.79 Å². The molecule has 1 saturated heterocycles. The van der Waals surface area contributed by atoms with Gasteiger partial charge in [0.25, 0.3) is 0 Å². The van der Waals surface area contributed by atoms with E-state index < -0.39 is 0 Å². The normalized spacial score (nSPS) is 18.1. The molecule has 20 heavy (non-hydrogen) atoms. The highest BCUT2D eigenvalue weighted by Gasteiger charge is 2.21. The lowest BCUT2D eigenvalue weighted by atomic mass is 10.2. The standard InChI is InChI=1S/C15H18N4O/c1-11-16-9-10-19(11)13-6-4-12(5-7-13)18-15(20)14-3-2-8-17-14/h4-7,9-10,14,17H,2-3,8H2,1H3,(H,18,20). The van der Waals surface area contributed by atoms with E-state index in [2.05, 4.69) is 15.6 Å². The number of aromatic nitrogens is 2. The Bertz CT molecular complexity index is 597. The Kier molecular flexibility index (Phi) is 3.52. The number of aryl methyl sites for hydroxylation is 1. The first-order chi connectivity index (χ1) is 9.74. The third kappa shape index (κ3) is 2.58. The van der Waals surface area contributed by atoms with Gasteiger partial charge in [0.05, 0.1) is 6.04 Å². The Morgan fingerprint density at radius 1 is 1.40 bits per heavy atom.